The van der Waals surface area contributed by atoms with E-state index in [0.29, 0.717) is 36.1 Å². The summed E-state index contributed by atoms with van der Waals surface area (Å²) in [5.74, 6) is 0.981. The van der Waals surface area contributed by atoms with E-state index in [1.807, 2.05) is 0 Å². The van der Waals surface area contributed by atoms with Crippen LogP contribution in [-0.4, -0.2) is 48.7 Å². The minimum atomic E-state index is 0. The third-order valence-electron chi connectivity index (χ3n) is 7.79. The van der Waals surface area contributed by atoms with Gasteiger partial charge in [0.2, 0.25) is 5.91 Å². The molecular weight excluding hydrogens is 348 g/mol. The average molecular weight is 385 g/mol. The minimum absolute atomic E-state index is 0. The van der Waals surface area contributed by atoms with Gasteiger partial charge < -0.3 is 15.0 Å². The maximum Gasteiger partial charge on any atom is 0.222 e. The number of fused-ring (bicyclic) bond motifs is 2. The molecule has 5 heteroatoms. The van der Waals surface area contributed by atoms with Gasteiger partial charge in [-0.25, -0.2) is 0 Å². The van der Waals surface area contributed by atoms with Crippen molar-refractivity contribution in [2.24, 2.45) is 11.3 Å². The molecule has 0 radical (unpaired) electrons. The smallest absolute Gasteiger partial charge is 0.222 e. The number of nitrogens with zero attached hydrogens (tertiary/aromatic N) is 1. The van der Waals surface area contributed by atoms with Crippen molar-refractivity contribution in [3.63, 3.8) is 0 Å². The van der Waals surface area contributed by atoms with Crippen LogP contribution in [0.3, 0.4) is 0 Å². The summed E-state index contributed by atoms with van der Waals surface area (Å²) < 4.78 is 6.07. The first kappa shape index (κ1) is 20.4. The van der Waals surface area contributed by atoms with E-state index in [9.17, 15) is 4.79 Å². The lowest BCUT2D eigenvalue weighted by Crippen LogP contribution is -2.65. The molecule has 4 fully saturated rings. The predicted octanol–water partition coefficient (Wildman–Crippen LogP) is 3.92. The van der Waals surface area contributed by atoms with Gasteiger partial charge in [0.05, 0.1) is 6.10 Å². The van der Waals surface area contributed by atoms with Gasteiger partial charge in [-0.2, -0.15) is 0 Å². The fourth-order valence-corrected chi connectivity index (χ4v) is 6.48. The van der Waals surface area contributed by atoms with Crippen LogP contribution in [0.4, 0.5) is 0 Å². The van der Waals surface area contributed by atoms with Crippen molar-refractivity contribution >= 4 is 18.3 Å². The van der Waals surface area contributed by atoms with Gasteiger partial charge in [-0.15, -0.1) is 12.4 Å². The zero-order valence-electron chi connectivity index (χ0n) is 16.5. The van der Waals surface area contributed by atoms with Crippen molar-refractivity contribution in [3.8, 4) is 0 Å². The van der Waals surface area contributed by atoms with Crippen molar-refractivity contribution in [2.45, 2.75) is 102 Å². The second-order valence-corrected chi connectivity index (χ2v) is 9.17. The Bertz CT molecular complexity index is 482. The first-order chi connectivity index (χ1) is 12.1. The van der Waals surface area contributed by atoms with Gasteiger partial charge in [0.15, 0.2) is 0 Å². The summed E-state index contributed by atoms with van der Waals surface area (Å²) in [7, 11) is 2.07. The molecule has 150 valence electrons. The third kappa shape index (κ3) is 3.66. The normalized spacial score (nSPS) is 37.7. The van der Waals surface area contributed by atoms with E-state index in [1.165, 1.54) is 57.8 Å². The summed E-state index contributed by atoms with van der Waals surface area (Å²) in [4.78, 5) is 15.2. The molecule has 2 heterocycles. The summed E-state index contributed by atoms with van der Waals surface area (Å²) in [6.07, 6.45) is 13.7. The SMILES string of the molecule is CCOC1CC(N(C)C(=O)CC2CC3CCC(C2)N3)C12CCCCC2.Cl. The van der Waals surface area contributed by atoms with Gasteiger partial charge in [-0.05, 0) is 57.8 Å². The Labute approximate surface area is 165 Å². The van der Waals surface area contributed by atoms with E-state index in [-0.39, 0.29) is 17.8 Å². The largest absolute Gasteiger partial charge is 0.378 e. The number of hydrogen-bond acceptors (Lipinski definition) is 3. The Morgan fingerprint density at radius 1 is 1.12 bits per heavy atom. The molecule has 26 heavy (non-hydrogen) atoms. The van der Waals surface area contributed by atoms with Crippen LogP contribution in [0, 0.1) is 11.3 Å². The summed E-state index contributed by atoms with van der Waals surface area (Å²) in [6.45, 7) is 2.90. The molecule has 4 rings (SSSR count). The molecule has 4 nitrogen and oxygen atoms in total. The van der Waals surface area contributed by atoms with Gasteiger partial charge in [0.1, 0.15) is 0 Å². The highest BCUT2D eigenvalue weighted by molar-refractivity contribution is 5.85. The molecule has 0 aromatic rings. The summed E-state index contributed by atoms with van der Waals surface area (Å²) in [6, 6.07) is 1.77. The lowest BCUT2D eigenvalue weighted by Gasteiger charge is -2.60. The van der Waals surface area contributed by atoms with E-state index < -0.39 is 0 Å². The number of amides is 1. The van der Waals surface area contributed by atoms with Gasteiger partial charge >= 0.3 is 0 Å². The molecule has 2 aliphatic carbocycles. The van der Waals surface area contributed by atoms with E-state index in [0.717, 1.165) is 19.4 Å². The fraction of sp³-hybridized carbons (Fsp3) is 0.952. The number of carbonyl (C=O) groups excluding carboxylic acids is 1. The van der Waals surface area contributed by atoms with Crippen molar-refractivity contribution in [1.82, 2.24) is 10.2 Å². The molecule has 0 aromatic heterocycles. The van der Waals surface area contributed by atoms with Crippen LogP contribution in [0.1, 0.15) is 77.6 Å². The Morgan fingerprint density at radius 2 is 1.77 bits per heavy atom. The van der Waals surface area contributed by atoms with Crippen molar-refractivity contribution in [3.05, 3.63) is 0 Å². The van der Waals surface area contributed by atoms with Crippen LogP contribution >= 0.6 is 12.4 Å². The molecule has 2 saturated carbocycles. The van der Waals surface area contributed by atoms with Crippen LogP contribution in [0.2, 0.25) is 0 Å². The highest BCUT2D eigenvalue weighted by Gasteiger charge is 2.57. The minimum Gasteiger partial charge on any atom is -0.378 e. The van der Waals surface area contributed by atoms with E-state index in [4.69, 9.17) is 4.74 Å². The van der Waals surface area contributed by atoms with Crippen LogP contribution < -0.4 is 5.32 Å². The third-order valence-corrected chi connectivity index (χ3v) is 7.79. The second-order valence-electron chi connectivity index (χ2n) is 9.17. The van der Waals surface area contributed by atoms with Crippen molar-refractivity contribution in [2.75, 3.05) is 13.7 Å². The van der Waals surface area contributed by atoms with Crippen molar-refractivity contribution < 1.29 is 9.53 Å². The summed E-state index contributed by atoms with van der Waals surface area (Å²) >= 11 is 0. The molecule has 1 amide bonds. The number of nitrogens with one attached hydrogen (secondary N) is 1. The average Bonchev–Trinajstić information content (AvgIpc) is 2.96. The molecule has 0 aromatic carbocycles. The lowest BCUT2D eigenvalue weighted by atomic mass is 9.54. The molecule has 2 bridgehead atoms. The highest BCUT2D eigenvalue weighted by atomic mass is 35.5. The lowest BCUT2D eigenvalue weighted by molar-refractivity contribution is -0.185. The Morgan fingerprint density at radius 3 is 2.38 bits per heavy atom. The van der Waals surface area contributed by atoms with Gasteiger partial charge in [-0.1, -0.05) is 19.3 Å². The molecule has 4 aliphatic rings. The predicted molar refractivity (Wildman–Crippen MR) is 107 cm³/mol. The number of piperidine rings is 1. The summed E-state index contributed by atoms with van der Waals surface area (Å²) in [5, 5.41) is 3.69. The van der Waals surface area contributed by atoms with Gasteiger partial charge in [0, 0.05) is 43.6 Å². The van der Waals surface area contributed by atoms with Gasteiger partial charge in [-0.3, -0.25) is 4.79 Å². The van der Waals surface area contributed by atoms with Crippen LogP contribution in [0.25, 0.3) is 0 Å². The number of halogens is 1. The van der Waals surface area contributed by atoms with Crippen LogP contribution in [0.15, 0.2) is 0 Å². The zero-order valence-corrected chi connectivity index (χ0v) is 17.4. The number of rotatable bonds is 5. The number of ether oxygens (including phenoxy) is 1. The van der Waals surface area contributed by atoms with E-state index in [2.05, 4.69) is 24.2 Å². The topological polar surface area (TPSA) is 41.6 Å². The van der Waals surface area contributed by atoms with E-state index in [1.54, 1.807) is 0 Å². The molecular formula is C21H37ClN2O2. The quantitative estimate of drug-likeness (QED) is 0.781. The Balaban J connectivity index is 0.00000196. The maximum absolute atomic E-state index is 13.0. The highest BCUT2D eigenvalue weighted by Crippen LogP contribution is 2.55. The number of carbonyl (C=O) groups is 1. The second kappa shape index (κ2) is 8.36. The molecule has 4 atom stereocenters. The number of hydrogen-bond donors (Lipinski definition) is 1. The maximum atomic E-state index is 13.0. The van der Waals surface area contributed by atoms with E-state index >= 15 is 0 Å². The molecule has 2 aliphatic heterocycles. The molecule has 2 saturated heterocycles. The molecule has 1 spiro atoms. The molecule has 4 unspecified atom stereocenters. The fourth-order valence-electron chi connectivity index (χ4n) is 6.48. The Hall–Kier alpha value is -0.320. The first-order valence-corrected chi connectivity index (χ1v) is 10.8. The Kier molecular flexibility index (Phi) is 6.57. The van der Waals surface area contributed by atoms with Crippen LogP contribution in [0.5, 0.6) is 0 Å². The molecule has 1 N–H and O–H groups in total. The zero-order chi connectivity index (χ0) is 17.4. The monoisotopic (exact) mass is 384 g/mol. The van der Waals surface area contributed by atoms with Crippen molar-refractivity contribution in [1.29, 1.82) is 0 Å². The van der Waals surface area contributed by atoms with Crippen LogP contribution in [-0.2, 0) is 9.53 Å². The standard InChI is InChI=1S/C21H36N2O2.ClH/c1-3-25-19-14-18(21(19)9-5-4-6-10-21)23(2)20(24)13-15-11-16-7-8-17(12-15)22-16;/h15-19,22H,3-14H2,1-2H3;1H. The first-order valence-electron chi connectivity index (χ1n) is 10.8. The summed E-state index contributed by atoms with van der Waals surface area (Å²) in [5.41, 5.74) is 0.256. The van der Waals surface area contributed by atoms with Gasteiger partial charge in [0.25, 0.3) is 0 Å².